The Morgan fingerprint density at radius 1 is 1.29 bits per heavy atom. The van der Waals surface area contributed by atoms with E-state index in [0.29, 0.717) is 17.1 Å². The number of carbonyl (C=O) groups excluding carboxylic acids is 2. The van der Waals surface area contributed by atoms with Crippen LogP contribution in [0.1, 0.15) is 5.76 Å². The maximum absolute atomic E-state index is 11.8. The van der Waals surface area contributed by atoms with Gasteiger partial charge in [0, 0.05) is 30.8 Å². The summed E-state index contributed by atoms with van der Waals surface area (Å²) in [5.41, 5.74) is 0.448. The van der Waals surface area contributed by atoms with Crippen LogP contribution in [0.15, 0.2) is 40.4 Å². The fourth-order valence-electron chi connectivity index (χ4n) is 2.16. The van der Waals surface area contributed by atoms with E-state index in [1.54, 1.807) is 12.1 Å². The van der Waals surface area contributed by atoms with Crippen molar-refractivity contribution in [1.29, 1.82) is 0 Å². The molecule has 0 aliphatic carbocycles. The second kappa shape index (κ2) is 5.82. The average molecular weight is 348 g/mol. The number of rotatable bonds is 3. The normalized spacial score (nSPS) is 15.9. The highest BCUT2D eigenvalue weighted by molar-refractivity contribution is 6.33. The second-order valence-corrected chi connectivity index (χ2v) is 5.38. The van der Waals surface area contributed by atoms with Crippen LogP contribution in [0.4, 0.5) is 10.5 Å². The zero-order valence-corrected chi connectivity index (χ0v) is 13.0. The molecule has 2 heterocycles. The van der Waals surface area contributed by atoms with Crippen LogP contribution >= 0.6 is 11.6 Å². The number of carbonyl (C=O) groups is 2. The Hall–Kier alpha value is -3.13. The van der Waals surface area contributed by atoms with Gasteiger partial charge in [-0.05, 0) is 18.2 Å². The van der Waals surface area contributed by atoms with Crippen molar-refractivity contribution >= 4 is 35.3 Å². The van der Waals surface area contributed by atoms with Crippen molar-refractivity contribution in [2.75, 3.05) is 7.05 Å². The Kier molecular flexibility index (Phi) is 3.82. The van der Waals surface area contributed by atoms with Crippen molar-refractivity contribution < 1.29 is 18.9 Å². The lowest BCUT2D eigenvalue weighted by Gasteiger charge is -2.00. The fourth-order valence-corrected chi connectivity index (χ4v) is 2.43. The number of amides is 3. The van der Waals surface area contributed by atoms with Crippen molar-refractivity contribution in [1.82, 2.24) is 10.2 Å². The minimum absolute atomic E-state index is 0.0956. The number of nitrogens with one attached hydrogen (secondary N) is 1. The summed E-state index contributed by atoms with van der Waals surface area (Å²) in [5, 5.41) is 13.3. The van der Waals surface area contributed by atoms with Gasteiger partial charge in [-0.1, -0.05) is 11.6 Å². The molecule has 1 fully saturated rings. The van der Waals surface area contributed by atoms with Gasteiger partial charge in [0.05, 0.1) is 9.95 Å². The fraction of sp³-hybridized carbons (Fsp3) is 0.0667. The summed E-state index contributed by atoms with van der Waals surface area (Å²) in [5.74, 6) is 0.247. The molecule has 1 aliphatic heterocycles. The smallest absolute Gasteiger partial charge is 0.328 e. The third kappa shape index (κ3) is 2.74. The van der Waals surface area contributed by atoms with Crippen LogP contribution in [0.3, 0.4) is 0 Å². The number of urea groups is 1. The topological polar surface area (TPSA) is 106 Å². The zero-order valence-electron chi connectivity index (χ0n) is 12.3. The minimum Gasteiger partial charge on any atom is -0.457 e. The number of nitro groups is 1. The monoisotopic (exact) mass is 347 g/mol. The number of likely N-dealkylation sites (N-methyl/N-ethyl adjacent to an activating group) is 1. The van der Waals surface area contributed by atoms with Gasteiger partial charge in [0.2, 0.25) is 0 Å². The molecule has 0 unspecified atom stereocenters. The van der Waals surface area contributed by atoms with E-state index in [-0.39, 0.29) is 16.4 Å². The number of hydrogen-bond donors (Lipinski definition) is 1. The molecule has 0 bridgehead atoms. The molecule has 1 aromatic heterocycles. The first-order valence-corrected chi connectivity index (χ1v) is 7.09. The van der Waals surface area contributed by atoms with Crippen molar-refractivity contribution in [2.24, 2.45) is 0 Å². The molecular weight excluding hydrogens is 338 g/mol. The van der Waals surface area contributed by atoms with E-state index in [4.69, 9.17) is 16.0 Å². The number of nitrogens with zero attached hydrogens (tertiary/aromatic N) is 2. The zero-order chi connectivity index (χ0) is 17.4. The largest absolute Gasteiger partial charge is 0.457 e. The van der Waals surface area contributed by atoms with Gasteiger partial charge in [-0.15, -0.1) is 0 Å². The molecule has 0 radical (unpaired) electrons. The second-order valence-electron chi connectivity index (χ2n) is 4.98. The molecule has 1 aromatic carbocycles. The highest BCUT2D eigenvalue weighted by Crippen LogP contribution is 2.32. The number of nitro benzene ring substituents is 1. The molecule has 3 amide bonds. The highest BCUT2D eigenvalue weighted by Gasteiger charge is 2.30. The van der Waals surface area contributed by atoms with Gasteiger partial charge in [-0.25, -0.2) is 4.79 Å². The van der Waals surface area contributed by atoms with Gasteiger partial charge in [0.1, 0.15) is 17.2 Å². The van der Waals surface area contributed by atoms with Crippen LogP contribution in [0.5, 0.6) is 0 Å². The summed E-state index contributed by atoms with van der Waals surface area (Å²) in [7, 11) is 1.36. The average Bonchev–Trinajstić information content (AvgIpc) is 3.08. The molecule has 122 valence electrons. The predicted octanol–water partition coefficient (Wildman–Crippen LogP) is 3.03. The first kappa shape index (κ1) is 15.8. The van der Waals surface area contributed by atoms with Crippen LogP contribution in [0.25, 0.3) is 17.4 Å². The van der Waals surface area contributed by atoms with Crippen LogP contribution in [-0.2, 0) is 4.79 Å². The van der Waals surface area contributed by atoms with Gasteiger partial charge in [-0.3, -0.25) is 19.8 Å². The van der Waals surface area contributed by atoms with Gasteiger partial charge in [0.25, 0.3) is 11.6 Å². The van der Waals surface area contributed by atoms with Crippen molar-refractivity contribution in [2.45, 2.75) is 0 Å². The summed E-state index contributed by atoms with van der Waals surface area (Å²) in [6.07, 6.45) is 1.40. The van der Waals surface area contributed by atoms with E-state index in [2.05, 4.69) is 5.32 Å². The maximum Gasteiger partial charge on any atom is 0.328 e. The van der Waals surface area contributed by atoms with E-state index in [9.17, 15) is 19.7 Å². The number of halogens is 1. The third-order valence-electron chi connectivity index (χ3n) is 3.42. The Balaban J connectivity index is 1.91. The lowest BCUT2D eigenvalue weighted by molar-refractivity contribution is -0.384. The molecule has 8 nitrogen and oxygen atoms in total. The van der Waals surface area contributed by atoms with Gasteiger partial charge < -0.3 is 9.73 Å². The lowest BCUT2D eigenvalue weighted by Crippen LogP contribution is -2.25. The molecule has 9 heteroatoms. The lowest BCUT2D eigenvalue weighted by atomic mass is 10.1. The molecule has 0 atom stereocenters. The van der Waals surface area contributed by atoms with Gasteiger partial charge >= 0.3 is 6.03 Å². The summed E-state index contributed by atoms with van der Waals surface area (Å²) < 4.78 is 5.58. The minimum atomic E-state index is -0.543. The van der Waals surface area contributed by atoms with E-state index in [1.807, 2.05) is 0 Å². The Morgan fingerprint density at radius 3 is 2.62 bits per heavy atom. The molecule has 1 aliphatic rings. The predicted molar refractivity (Wildman–Crippen MR) is 85.1 cm³/mol. The number of non-ortho nitro benzene ring substituents is 1. The number of benzene rings is 1. The van der Waals surface area contributed by atoms with Crippen molar-refractivity contribution in [3.05, 3.63) is 56.9 Å². The molecule has 1 saturated heterocycles. The van der Waals surface area contributed by atoms with Crippen LogP contribution in [0.2, 0.25) is 5.02 Å². The molecule has 3 rings (SSSR count). The first-order valence-electron chi connectivity index (χ1n) is 6.71. The molecular formula is C15H10ClN3O5. The highest BCUT2D eigenvalue weighted by atomic mass is 35.5. The standard InChI is InChI=1S/C15H10ClN3O5/c1-18-14(20)12(17-15(18)21)7-9-3-5-13(24-9)10-4-2-8(19(22)23)6-11(10)16/h2-7H,1H3,(H,17,21)/b12-7+. The van der Waals surface area contributed by atoms with Crippen LogP contribution in [-0.4, -0.2) is 28.8 Å². The van der Waals surface area contributed by atoms with Crippen molar-refractivity contribution in [3.63, 3.8) is 0 Å². The quantitative estimate of drug-likeness (QED) is 0.397. The first-order chi connectivity index (χ1) is 11.4. The Morgan fingerprint density at radius 2 is 2.04 bits per heavy atom. The Bertz CT molecular complexity index is 902. The summed E-state index contributed by atoms with van der Waals surface area (Å²) in [6.45, 7) is 0. The van der Waals surface area contributed by atoms with Crippen LogP contribution in [0, 0.1) is 10.1 Å². The SMILES string of the molecule is CN1C(=O)N/C(=C/c2ccc(-c3ccc([N+](=O)[O-])cc3Cl)o2)C1=O. The summed E-state index contributed by atoms with van der Waals surface area (Å²) in [4.78, 5) is 34.3. The number of furan rings is 1. The molecule has 24 heavy (non-hydrogen) atoms. The maximum atomic E-state index is 11.8. The summed E-state index contributed by atoms with van der Waals surface area (Å²) >= 11 is 6.05. The number of imide groups is 1. The van der Waals surface area contributed by atoms with Gasteiger partial charge in [0.15, 0.2) is 0 Å². The Labute approximate surface area is 140 Å². The molecule has 2 aromatic rings. The molecule has 0 saturated carbocycles. The van der Waals surface area contributed by atoms with E-state index in [1.165, 1.54) is 31.3 Å². The van der Waals surface area contributed by atoms with Crippen molar-refractivity contribution in [3.8, 4) is 11.3 Å². The number of hydrogen-bond acceptors (Lipinski definition) is 5. The van der Waals surface area contributed by atoms with Crippen LogP contribution < -0.4 is 5.32 Å². The molecule has 1 N–H and O–H groups in total. The van der Waals surface area contributed by atoms with E-state index < -0.39 is 16.9 Å². The summed E-state index contributed by atoms with van der Waals surface area (Å²) in [6, 6.07) is 6.72. The third-order valence-corrected chi connectivity index (χ3v) is 3.74. The molecule has 0 spiro atoms. The van der Waals surface area contributed by atoms with E-state index in [0.717, 1.165) is 4.90 Å². The van der Waals surface area contributed by atoms with Gasteiger partial charge in [-0.2, -0.15) is 0 Å². The van der Waals surface area contributed by atoms with E-state index >= 15 is 0 Å².